The van der Waals surface area contributed by atoms with Gasteiger partial charge in [0.15, 0.2) is 5.82 Å². The van der Waals surface area contributed by atoms with E-state index in [1.165, 1.54) is 19.1 Å². The number of rotatable bonds is 8. The van der Waals surface area contributed by atoms with Gasteiger partial charge in [-0.15, -0.1) is 0 Å². The van der Waals surface area contributed by atoms with Crippen LogP contribution in [0.5, 0.6) is 5.75 Å². The Morgan fingerprint density at radius 1 is 1.30 bits per heavy atom. The summed E-state index contributed by atoms with van der Waals surface area (Å²) in [6.07, 6.45) is 3.73. The third kappa shape index (κ3) is 5.30. The number of benzene rings is 1. The van der Waals surface area contributed by atoms with Crippen LogP contribution in [0.2, 0.25) is 0 Å². The molecule has 0 aliphatic carbocycles. The number of methoxy groups -OCH3 is 1. The molecule has 144 valence electrons. The Labute approximate surface area is 158 Å². The van der Waals surface area contributed by atoms with Gasteiger partial charge < -0.3 is 24.4 Å². The van der Waals surface area contributed by atoms with Crippen LogP contribution in [-0.2, 0) is 4.79 Å². The van der Waals surface area contributed by atoms with Crippen molar-refractivity contribution >= 4 is 17.6 Å². The molecule has 1 aliphatic heterocycles. The Bertz CT molecular complexity index is 757. The minimum absolute atomic E-state index is 0.0588. The molecule has 0 atom stereocenters. The van der Waals surface area contributed by atoms with Crippen LogP contribution < -0.4 is 10.1 Å². The fourth-order valence-electron chi connectivity index (χ4n) is 3.09. The molecule has 1 aromatic carbocycles. The Balaban J connectivity index is 1.68. The standard InChI is InChI=1S/C19H24N4O4/c1-26-16-6-4-5-15(13-16)19(25)23(11-10-22-8-2-3-9-22)14-18(24)20-17-7-12-27-21-17/h4-7,12-13H,2-3,8-11,14H2,1H3,(H,20,21,24). The van der Waals surface area contributed by atoms with Gasteiger partial charge in [0.2, 0.25) is 5.91 Å². The Morgan fingerprint density at radius 2 is 2.11 bits per heavy atom. The quantitative estimate of drug-likeness (QED) is 0.761. The summed E-state index contributed by atoms with van der Waals surface area (Å²) < 4.78 is 9.91. The highest BCUT2D eigenvalue weighted by Crippen LogP contribution is 2.15. The van der Waals surface area contributed by atoms with E-state index in [0.29, 0.717) is 23.7 Å². The van der Waals surface area contributed by atoms with E-state index in [2.05, 4.69) is 15.4 Å². The molecule has 0 bridgehead atoms. The third-order valence-electron chi connectivity index (χ3n) is 4.53. The van der Waals surface area contributed by atoms with Gasteiger partial charge in [-0.3, -0.25) is 9.59 Å². The predicted molar refractivity (Wildman–Crippen MR) is 99.7 cm³/mol. The average Bonchev–Trinajstić information content (AvgIpc) is 3.38. The maximum atomic E-state index is 13.0. The van der Waals surface area contributed by atoms with Crippen LogP contribution in [0.4, 0.5) is 5.82 Å². The first-order valence-electron chi connectivity index (χ1n) is 9.01. The molecule has 3 rings (SSSR count). The second-order valence-electron chi connectivity index (χ2n) is 6.44. The minimum Gasteiger partial charge on any atom is -0.497 e. The van der Waals surface area contributed by atoms with Crippen LogP contribution in [0.3, 0.4) is 0 Å². The molecule has 1 aromatic heterocycles. The summed E-state index contributed by atoms with van der Waals surface area (Å²) in [5, 5.41) is 6.30. The first-order valence-corrected chi connectivity index (χ1v) is 9.01. The van der Waals surface area contributed by atoms with Crippen LogP contribution in [0.15, 0.2) is 41.1 Å². The van der Waals surface area contributed by atoms with E-state index in [1.807, 2.05) is 0 Å². The van der Waals surface area contributed by atoms with Gasteiger partial charge in [0.1, 0.15) is 18.6 Å². The van der Waals surface area contributed by atoms with Crippen molar-refractivity contribution in [3.05, 3.63) is 42.2 Å². The lowest BCUT2D eigenvalue weighted by atomic mass is 10.2. The molecule has 2 aromatic rings. The zero-order chi connectivity index (χ0) is 19.1. The zero-order valence-electron chi connectivity index (χ0n) is 15.4. The number of amides is 2. The van der Waals surface area contributed by atoms with Crippen molar-refractivity contribution in [2.75, 3.05) is 45.2 Å². The second-order valence-corrected chi connectivity index (χ2v) is 6.44. The van der Waals surface area contributed by atoms with Gasteiger partial charge in [0, 0.05) is 24.7 Å². The summed E-state index contributed by atoms with van der Waals surface area (Å²) >= 11 is 0. The van der Waals surface area contributed by atoms with Gasteiger partial charge in [-0.1, -0.05) is 11.2 Å². The number of hydrogen-bond acceptors (Lipinski definition) is 6. The molecule has 27 heavy (non-hydrogen) atoms. The summed E-state index contributed by atoms with van der Waals surface area (Å²) in [5.74, 6) is 0.408. The normalized spacial score (nSPS) is 14.1. The fourth-order valence-corrected chi connectivity index (χ4v) is 3.09. The third-order valence-corrected chi connectivity index (χ3v) is 4.53. The largest absolute Gasteiger partial charge is 0.497 e. The molecule has 8 nitrogen and oxygen atoms in total. The molecule has 1 fully saturated rings. The molecule has 0 saturated carbocycles. The number of carbonyl (C=O) groups is 2. The van der Waals surface area contributed by atoms with Gasteiger partial charge in [-0.2, -0.15) is 0 Å². The SMILES string of the molecule is COc1cccc(C(=O)N(CCN2CCCC2)CC(=O)Nc2ccon2)c1. The van der Waals surface area contributed by atoms with Gasteiger partial charge >= 0.3 is 0 Å². The summed E-state index contributed by atoms with van der Waals surface area (Å²) in [5.41, 5.74) is 0.491. The maximum Gasteiger partial charge on any atom is 0.254 e. The molecule has 2 amide bonds. The first kappa shape index (κ1) is 18.9. The smallest absolute Gasteiger partial charge is 0.254 e. The Kier molecular flexibility index (Phi) is 6.43. The Hall–Kier alpha value is -2.87. The van der Waals surface area contributed by atoms with Crippen molar-refractivity contribution in [3.63, 3.8) is 0 Å². The highest BCUT2D eigenvalue weighted by atomic mass is 16.5. The monoisotopic (exact) mass is 372 g/mol. The topological polar surface area (TPSA) is 87.9 Å². The van der Waals surface area contributed by atoms with Gasteiger partial charge in [0.05, 0.1) is 7.11 Å². The average molecular weight is 372 g/mol. The Morgan fingerprint density at radius 3 is 2.81 bits per heavy atom. The summed E-state index contributed by atoms with van der Waals surface area (Å²) in [6, 6.07) is 8.50. The van der Waals surface area contributed by atoms with Crippen LogP contribution >= 0.6 is 0 Å². The number of aromatic nitrogens is 1. The molecular formula is C19H24N4O4. The van der Waals surface area contributed by atoms with E-state index < -0.39 is 0 Å². The van der Waals surface area contributed by atoms with Crippen LogP contribution in [0.1, 0.15) is 23.2 Å². The number of nitrogens with one attached hydrogen (secondary N) is 1. The van der Waals surface area contributed by atoms with Gasteiger partial charge in [-0.05, 0) is 44.1 Å². The lowest BCUT2D eigenvalue weighted by Crippen LogP contribution is -2.42. The number of anilines is 1. The van der Waals surface area contributed by atoms with Crippen LogP contribution in [-0.4, -0.2) is 66.6 Å². The molecule has 2 heterocycles. The highest BCUT2D eigenvalue weighted by molar-refractivity contribution is 5.99. The minimum atomic E-state index is -0.318. The number of ether oxygens (including phenoxy) is 1. The van der Waals surface area contributed by atoms with Crippen molar-refractivity contribution in [2.45, 2.75) is 12.8 Å². The van der Waals surface area contributed by atoms with Crippen molar-refractivity contribution in [3.8, 4) is 5.75 Å². The molecule has 1 aliphatic rings. The fraction of sp³-hybridized carbons (Fsp3) is 0.421. The highest BCUT2D eigenvalue weighted by Gasteiger charge is 2.21. The zero-order valence-corrected chi connectivity index (χ0v) is 15.4. The van der Waals surface area contributed by atoms with Crippen molar-refractivity contribution in [2.24, 2.45) is 0 Å². The predicted octanol–water partition coefficient (Wildman–Crippen LogP) is 1.86. The summed E-state index contributed by atoms with van der Waals surface area (Å²) in [6.45, 7) is 3.23. The number of hydrogen-bond donors (Lipinski definition) is 1. The van der Waals surface area contributed by atoms with E-state index in [0.717, 1.165) is 19.6 Å². The number of likely N-dealkylation sites (tertiary alicyclic amines) is 1. The summed E-state index contributed by atoms with van der Waals surface area (Å²) in [4.78, 5) is 29.2. The number of nitrogens with zero attached hydrogens (tertiary/aromatic N) is 3. The van der Waals surface area contributed by atoms with Crippen molar-refractivity contribution in [1.82, 2.24) is 15.0 Å². The van der Waals surface area contributed by atoms with Crippen molar-refractivity contribution in [1.29, 1.82) is 0 Å². The molecule has 0 radical (unpaired) electrons. The molecular weight excluding hydrogens is 348 g/mol. The van der Waals surface area contributed by atoms with E-state index >= 15 is 0 Å². The number of carbonyl (C=O) groups excluding carboxylic acids is 2. The molecule has 1 N–H and O–H groups in total. The van der Waals surface area contributed by atoms with Gasteiger partial charge in [-0.25, -0.2) is 0 Å². The van der Waals surface area contributed by atoms with E-state index in [9.17, 15) is 9.59 Å². The molecule has 0 spiro atoms. The van der Waals surface area contributed by atoms with E-state index in [1.54, 1.807) is 42.3 Å². The molecule has 8 heteroatoms. The van der Waals surface area contributed by atoms with Crippen molar-refractivity contribution < 1.29 is 18.8 Å². The van der Waals surface area contributed by atoms with E-state index in [4.69, 9.17) is 9.26 Å². The second kappa shape index (κ2) is 9.18. The lowest BCUT2D eigenvalue weighted by Gasteiger charge is -2.25. The molecule has 1 saturated heterocycles. The van der Waals surface area contributed by atoms with Crippen LogP contribution in [0.25, 0.3) is 0 Å². The van der Waals surface area contributed by atoms with E-state index in [-0.39, 0.29) is 18.4 Å². The maximum absolute atomic E-state index is 13.0. The van der Waals surface area contributed by atoms with Crippen LogP contribution in [0, 0.1) is 0 Å². The van der Waals surface area contributed by atoms with Gasteiger partial charge in [0.25, 0.3) is 5.91 Å². The first-order chi connectivity index (χ1) is 13.2. The molecule has 0 unspecified atom stereocenters. The summed E-state index contributed by atoms with van der Waals surface area (Å²) in [7, 11) is 1.56. The lowest BCUT2D eigenvalue weighted by molar-refractivity contribution is -0.117.